The number of aromatic nitrogens is 1. The van der Waals surface area contributed by atoms with Crippen LogP contribution in [0.5, 0.6) is 0 Å². The van der Waals surface area contributed by atoms with Crippen molar-refractivity contribution in [1.29, 1.82) is 0 Å². The van der Waals surface area contributed by atoms with Crippen LogP contribution in [0, 0.1) is 0 Å². The lowest BCUT2D eigenvalue weighted by molar-refractivity contribution is -0.141. The molecule has 3 rings (SSSR count). The zero-order valence-electron chi connectivity index (χ0n) is 20.2. The maximum absolute atomic E-state index is 13.6. The number of pyridine rings is 1. The molecule has 186 valence electrons. The van der Waals surface area contributed by atoms with Gasteiger partial charge in [-0.1, -0.05) is 62.7 Å². The van der Waals surface area contributed by atoms with Crippen molar-refractivity contribution >= 4 is 23.2 Å². The molecule has 0 aliphatic rings. The number of rotatable bonds is 7. The smallest absolute Gasteiger partial charge is 0.387 e. The van der Waals surface area contributed by atoms with Crippen molar-refractivity contribution < 1.29 is 18.0 Å². The highest BCUT2D eigenvalue weighted by Gasteiger charge is 2.32. The van der Waals surface area contributed by atoms with Gasteiger partial charge in [-0.15, -0.1) is 0 Å². The molecule has 35 heavy (non-hydrogen) atoms. The number of anilines is 1. The number of carbonyl (C=O) groups is 1. The monoisotopic (exact) mass is 503 g/mol. The van der Waals surface area contributed by atoms with Crippen LogP contribution in [0.4, 0.5) is 18.9 Å². The predicted molar refractivity (Wildman–Crippen MR) is 134 cm³/mol. The number of hydrogen-bond acceptors (Lipinski definition) is 3. The van der Waals surface area contributed by atoms with Crippen LogP contribution < -0.4 is 5.32 Å². The molecule has 8 heteroatoms. The van der Waals surface area contributed by atoms with Crippen LogP contribution in [0.15, 0.2) is 60.7 Å². The fourth-order valence-electron chi connectivity index (χ4n) is 3.69. The summed E-state index contributed by atoms with van der Waals surface area (Å²) in [5.41, 5.74) is 2.40. The minimum atomic E-state index is -4.52. The van der Waals surface area contributed by atoms with E-state index in [-0.39, 0.29) is 36.5 Å². The topological polar surface area (TPSA) is 45.2 Å². The molecular weight excluding hydrogens is 475 g/mol. The first-order valence-corrected chi connectivity index (χ1v) is 11.7. The maximum atomic E-state index is 13.6. The molecule has 1 amide bonds. The first kappa shape index (κ1) is 26.5. The lowest BCUT2D eigenvalue weighted by Gasteiger charge is -2.25. The second-order valence-electron chi connectivity index (χ2n) is 9.38. The van der Waals surface area contributed by atoms with Crippen LogP contribution in [-0.2, 0) is 24.6 Å². The van der Waals surface area contributed by atoms with Gasteiger partial charge in [0.15, 0.2) is 0 Å². The van der Waals surface area contributed by atoms with Crippen LogP contribution in [0.1, 0.15) is 53.6 Å². The highest BCUT2D eigenvalue weighted by atomic mass is 35.5. The van der Waals surface area contributed by atoms with Gasteiger partial charge in [-0.2, -0.15) is 13.2 Å². The Morgan fingerprint density at radius 3 is 2.31 bits per heavy atom. The van der Waals surface area contributed by atoms with Gasteiger partial charge >= 0.3 is 6.18 Å². The Bertz CT molecular complexity index is 1170. The number of halogens is 4. The summed E-state index contributed by atoms with van der Waals surface area (Å²) < 4.78 is 39.3. The number of amides is 1. The Hall–Kier alpha value is -3.06. The lowest BCUT2D eigenvalue weighted by atomic mass is 9.87. The number of nitrogens with one attached hydrogen (secondary N) is 1. The van der Waals surface area contributed by atoms with E-state index in [1.54, 1.807) is 30.1 Å². The van der Waals surface area contributed by atoms with Gasteiger partial charge in [-0.25, -0.2) is 4.98 Å². The van der Waals surface area contributed by atoms with E-state index in [9.17, 15) is 18.0 Å². The predicted octanol–water partition coefficient (Wildman–Crippen LogP) is 6.98. The van der Waals surface area contributed by atoms with Gasteiger partial charge in [0.05, 0.1) is 5.56 Å². The van der Waals surface area contributed by atoms with Gasteiger partial charge in [0.1, 0.15) is 5.69 Å². The average Bonchev–Trinajstić information content (AvgIpc) is 2.80. The Kier molecular flexibility index (Phi) is 8.11. The van der Waals surface area contributed by atoms with Gasteiger partial charge in [0.25, 0.3) is 5.91 Å². The molecule has 2 aromatic carbocycles. The van der Waals surface area contributed by atoms with Crippen molar-refractivity contribution in [3.8, 4) is 0 Å². The molecule has 0 aliphatic heterocycles. The molecule has 3 aromatic rings. The fraction of sp³-hybridized carbons (Fsp3) is 0.333. The molecule has 0 fully saturated rings. The normalized spacial score (nSPS) is 11.9. The van der Waals surface area contributed by atoms with Gasteiger partial charge in [0.2, 0.25) is 0 Å². The van der Waals surface area contributed by atoms with E-state index in [0.29, 0.717) is 16.3 Å². The standard InChI is InChI=1S/C27H29ClF3N3O/c1-26(2,3)19-10-8-18(9-11-19)17-34(25(35)22-16-20(28)12-13-23(22)32-4)15-14-21-6-5-7-24(33-21)27(29,30)31/h5-13,16,32H,14-15,17H2,1-4H3. The van der Waals surface area contributed by atoms with Crippen LogP contribution >= 0.6 is 11.6 Å². The van der Waals surface area contributed by atoms with E-state index in [1.807, 2.05) is 24.3 Å². The van der Waals surface area contributed by atoms with E-state index in [4.69, 9.17) is 11.6 Å². The number of alkyl halides is 3. The highest BCUT2D eigenvalue weighted by molar-refractivity contribution is 6.31. The van der Waals surface area contributed by atoms with E-state index in [2.05, 4.69) is 31.1 Å². The summed E-state index contributed by atoms with van der Waals surface area (Å²) >= 11 is 6.16. The van der Waals surface area contributed by atoms with E-state index < -0.39 is 11.9 Å². The van der Waals surface area contributed by atoms with Crippen molar-refractivity contribution in [1.82, 2.24) is 9.88 Å². The molecule has 1 heterocycles. The number of benzene rings is 2. The molecule has 0 saturated carbocycles. The largest absolute Gasteiger partial charge is 0.433 e. The molecule has 0 atom stereocenters. The van der Waals surface area contributed by atoms with Crippen molar-refractivity contribution in [3.63, 3.8) is 0 Å². The summed E-state index contributed by atoms with van der Waals surface area (Å²) in [7, 11) is 1.71. The number of nitrogens with zero attached hydrogens (tertiary/aromatic N) is 2. The third kappa shape index (κ3) is 6.98. The van der Waals surface area contributed by atoms with Gasteiger partial charge in [0, 0.05) is 43.0 Å². The Balaban J connectivity index is 1.90. The first-order chi connectivity index (χ1) is 16.4. The quantitative estimate of drug-likeness (QED) is 0.378. The summed E-state index contributed by atoms with van der Waals surface area (Å²) in [6.45, 7) is 6.84. The van der Waals surface area contributed by atoms with Gasteiger partial charge in [-0.05, 0) is 46.9 Å². The molecular formula is C27H29ClF3N3O. The zero-order valence-corrected chi connectivity index (χ0v) is 21.0. The van der Waals surface area contributed by atoms with Crippen LogP contribution in [0.25, 0.3) is 0 Å². The van der Waals surface area contributed by atoms with Crippen molar-refractivity contribution in [2.75, 3.05) is 18.9 Å². The van der Waals surface area contributed by atoms with E-state index in [0.717, 1.165) is 11.6 Å². The Labute approximate surface area is 209 Å². The summed E-state index contributed by atoms with van der Waals surface area (Å²) in [6, 6.07) is 16.8. The first-order valence-electron chi connectivity index (χ1n) is 11.3. The van der Waals surface area contributed by atoms with Crippen molar-refractivity contribution in [3.05, 3.63) is 93.8 Å². The third-order valence-corrected chi connectivity index (χ3v) is 5.93. The summed E-state index contributed by atoms with van der Waals surface area (Å²) in [5, 5.41) is 3.42. The van der Waals surface area contributed by atoms with Crippen molar-refractivity contribution in [2.24, 2.45) is 0 Å². The lowest BCUT2D eigenvalue weighted by Crippen LogP contribution is -2.33. The van der Waals surface area contributed by atoms with Crippen LogP contribution in [-0.4, -0.2) is 29.4 Å². The molecule has 0 unspecified atom stereocenters. The second kappa shape index (κ2) is 10.7. The molecule has 1 N–H and O–H groups in total. The molecule has 0 saturated heterocycles. The maximum Gasteiger partial charge on any atom is 0.433 e. The SMILES string of the molecule is CNc1ccc(Cl)cc1C(=O)N(CCc1cccc(C(F)(F)F)n1)Cc1ccc(C(C)(C)C)cc1. The minimum Gasteiger partial charge on any atom is -0.387 e. The molecule has 0 aliphatic carbocycles. The Morgan fingerprint density at radius 2 is 1.71 bits per heavy atom. The summed E-state index contributed by atoms with van der Waals surface area (Å²) in [6.07, 6.45) is -4.35. The van der Waals surface area contributed by atoms with Gasteiger partial charge < -0.3 is 10.2 Å². The minimum absolute atomic E-state index is 0.00824. The van der Waals surface area contributed by atoms with Crippen molar-refractivity contribution in [2.45, 2.75) is 45.3 Å². The second-order valence-corrected chi connectivity index (χ2v) is 9.81. The average molecular weight is 504 g/mol. The van der Waals surface area contributed by atoms with E-state index >= 15 is 0 Å². The molecule has 1 aromatic heterocycles. The molecule has 0 bridgehead atoms. The fourth-order valence-corrected chi connectivity index (χ4v) is 3.86. The molecule has 4 nitrogen and oxygen atoms in total. The van der Waals surface area contributed by atoms with Crippen LogP contribution in [0.2, 0.25) is 5.02 Å². The van der Waals surface area contributed by atoms with Crippen LogP contribution in [0.3, 0.4) is 0 Å². The summed E-state index contributed by atoms with van der Waals surface area (Å²) in [4.78, 5) is 18.9. The van der Waals surface area contributed by atoms with Gasteiger partial charge in [-0.3, -0.25) is 4.79 Å². The molecule has 0 spiro atoms. The zero-order chi connectivity index (χ0) is 25.8. The van der Waals surface area contributed by atoms with E-state index in [1.165, 1.54) is 17.7 Å². The summed E-state index contributed by atoms with van der Waals surface area (Å²) in [5.74, 6) is -0.274. The number of hydrogen-bond donors (Lipinski definition) is 1. The highest BCUT2D eigenvalue weighted by Crippen LogP contribution is 2.28. The number of carbonyl (C=O) groups excluding carboxylic acids is 1. The Morgan fingerprint density at radius 1 is 1.03 bits per heavy atom. The molecule has 0 radical (unpaired) electrons. The third-order valence-electron chi connectivity index (χ3n) is 5.70.